The highest BCUT2D eigenvalue weighted by Gasteiger charge is 1.98. The van der Waals surface area contributed by atoms with Gasteiger partial charge in [-0.2, -0.15) is 0 Å². The Labute approximate surface area is 70.8 Å². The third-order valence-electron chi connectivity index (χ3n) is 1.10. The van der Waals surface area contributed by atoms with Crippen LogP contribution in [0.3, 0.4) is 0 Å². The third-order valence-corrected chi connectivity index (χ3v) is 1.56. The summed E-state index contributed by atoms with van der Waals surface area (Å²) in [5, 5.41) is 10.2. The summed E-state index contributed by atoms with van der Waals surface area (Å²) in [4.78, 5) is 10.2. The molecule has 1 aromatic rings. The van der Waals surface area contributed by atoms with Gasteiger partial charge in [0.15, 0.2) is 0 Å². The molecule has 0 fully saturated rings. The smallest absolute Gasteiger partial charge is 0.124 e. The van der Waals surface area contributed by atoms with Crippen LogP contribution in [0.15, 0.2) is 22.7 Å². The molecule has 0 unspecified atom stereocenters. The lowest BCUT2D eigenvalue weighted by molar-refractivity contribution is -0.255. The van der Waals surface area contributed by atoms with E-state index in [1.165, 1.54) is 12.1 Å². The fourth-order valence-corrected chi connectivity index (χ4v) is 1.14. The highest BCUT2D eigenvalue weighted by Crippen LogP contribution is 2.13. The first-order valence-electron chi connectivity index (χ1n) is 2.77. The lowest BCUT2D eigenvalue weighted by Gasteiger charge is -2.01. The topological polar surface area (TPSA) is 40.1 Å². The van der Waals surface area contributed by atoms with Gasteiger partial charge >= 0.3 is 0 Å². The van der Waals surface area contributed by atoms with Crippen molar-refractivity contribution in [3.63, 3.8) is 0 Å². The van der Waals surface area contributed by atoms with Crippen molar-refractivity contribution in [1.82, 2.24) is 0 Å². The van der Waals surface area contributed by atoms with Gasteiger partial charge in [0.25, 0.3) is 0 Å². The van der Waals surface area contributed by atoms with Gasteiger partial charge in [0.2, 0.25) is 0 Å². The number of carboxylic acids is 1. The van der Waals surface area contributed by atoms with Gasteiger partial charge in [0.05, 0.1) is 5.97 Å². The molecule has 2 nitrogen and oxygen atoms in total. The second-order valence-corrected chi connectivity index (χ2v) is 2.86. The first-order chi connectivity index (χ1) is 5.09. The molecular weight excluding hydrogens is 215 g/mol. The summed E-state index contributed by atoms with van der Waals surface area (Å²) in [5.41, 5.74) is -0.170. The Morgan fingerprint density at radius 3 is 2.55 bits per heavy atom. The van der Waals surface area contributed by atoms with Gasteiger partial charge in [-0.3, -0.25) is 0 Å². The Hall–Kier alpha value is -0.900. The molecule has 0 radical (unpaired) electrons. The standard InChI is InChI=1S/C7H4BrFO2/c8-5-1-4(7(10)11)2-6(9)3-5/h1-3H,(H,10,11)/p-1. The predicted molar refractivity (Wildman–Crippen MR) is 38.4 cm³/mol. The van der Waals surface area contributed by atoms with Gasteiger partial charge in [-0.1, -0.05) is 15.9 Å². The molecule has 0 aliphatic rings. The highest BCUT2D eigenvalue weighted by molar-refractivity contribution is 9.10. The van der Waals surface area contributed by atoms with Gasteiger partial charge in [-0.25, -0.2) is 4.39 Å². The normalized spacial score (nSPS) is 9.64. The van der Waals surface area contributed by atoms with Gasteiger partial charge in [0, 0.05) is 10.0 Å². The number of hydrogen-bond donors (Lipinski definition) is 0. The Balaban J connectivity index is 3.19. The molecule has 0 amide bonds. The van der Waals surface area contributed by atoms with E-state index in [-0.39, 0.29) is 5.56 Å². The molecule has 4 heteroatoms. The number of benzene rings is 1. The summed E-state index contributed by atoms with van der Waals surface area (Å²) in [6.07, 6.45) is 0. The van der Waals surface area contributed by atoms with Crippen molar-refractivity contribution in [2.75, 3.05) is 0 Å². The van der Waals surface area contributed by atoms with Gasteiger partial charge in [0.1, 0.15) is 5.82 Å². The molecule has 0 aliphatic carbocycles. The summed E-state index contributed by atoms with van der Waals surface area (Å²) in [6.45, 7) is 0. The second kappa shape index (κ2) is 3.00. The summed E-state index contributed by atoms with van der Waals surface area (Å²) in [6, 6.07) is 3.35. The average molecular weight is 218 g/mol. The van der Waals surface area contributed by atoms with Crippen LogP contribution in [0.4, 0.5) is 4.39 Å². The van der Waals surface area contributed by atoms with E-state index in [4.69, 9.17) is 0 Å². The van der Waals surface area contributed by atoms with Crippen molar-refractivity contribution >= 4 is 21.9 Å². The van der Waals surface area contributed by atoms with E-state index in [0.29, 0.717) is 4.47 Å². The van der Waals surface area contributed by atoms with Crippen LogP contribution in [0.2, 0.25) is 0 Å². The molecule has 0 aliphatic heterocycles. The minimum atomic E-state index is -1.38. The zero-order chi connectivity index (χ0) is 8.43. The Morgan fingerprint density at radius 2 is 2.09 bits per heavy atom. The largest absolute Gasteiger partial charge is 0.545 e. The molecule has 1 rings (SSSR count). The van der Waals surface area contributed by atoms with E-state index in [1.807, 2.05) is 0 Å². The molecule has 58 valence electrons. The summed E-state index contributed by atoms with van der Waals surface area (Å²) >= 11 is 2.95. The zero-order valence-electron chi connectivity index (χ0n) is 5.30. The van der Waals surface area contributed by atoms with E-state index in [1.54, 1.807) is 0 Å². The number of hydrogen-bond acceptors (Lipinski definition) is 2. The fraction of sp³-hybridized carbons (Fsp3) is 0. The van der Waals surface area contributed by atoms with Crippen LogP contribution in [0, 0.1) is 5.82 Å². The maximum absolute atomic E-state index is 12.5. The first-order valence-corrected chi connectivity index (χ1v) is 3.56. The Bertz CT molecular complexity index is 278. The third kappa shape index (κ3) is 2.01. The maximum Gasteiger partial charge on any atom is 0.124 e. The minimum absolute atomic E-state index is 0.170. The van der Waals surface area contributed by atoms with Crippen molar-refractivity contribution in [1.29, 1.82) is 0 Å². The molecule has 0 bridgehead atoms. The molecule has 1 aromatic carbocycles. The highest BCUT2D eigenvalue weighted by atomic mass is 79.9. The van der Waals surface area contributed by atoms with E-state index >= 15 is 0 Å². The SMILES string of the molecule is O=C([O-])c1cc(F)cc(Br)c1. The van der Waals surface area contributed by atoms with Crippen LogP contribution in [0.1, 0.15) is 10.4 Å². The Morgan fingerprint density at radius 1 is 1.45 bits per heavy atom. The van der Waals surface area contributed by atoms with E-state index in [9.17, 15) is 14.3 Å². The first kappa shape index (κ1) is 8.20. The van der Waals surface area contributed by atoms with E-state index in [2.05, 4.69) is 15.9 Å². The monoisotopic (exact) mass is 217 g/mol. The predicted octanol–water partition coefficient (Wildman–Crippen LogP) is 0.952. The number of halogens is 2. The van der Waals surface area contributed by atoms with Crippen molar-refractivity contribution in [3.8, 4) is 0 Å². The number of aromatic carboxylic acids is 1. The number of carboxylic acid groups (broad SMARTS) is 1. The zero-order valence-corrected chi connectivity index (χ0v) is 6.89. The fourth-order valence-electron chi connectivity index (χ4n) is 0.672. The van der Waals surface area contributed by atoms with Crippen LogP contribution < -0.4 is 5.11 Å². The van der Waals surface area contributed by atoms with E-state index < -0.39 is 11.8 Å². The van der Waals surface area contributed by atoms with Crippen LogP contribution >= 0.6 is 15.9 Å². The average Bonchev–Trinajstić information content (AvgIpc) is 1.85. The van der Waals surface area contributed by atoms with Crippen molar-refractivity contribution < 1.29 is 14.3 Å². The van der Waals surface area contributed by atoms with Crippen LogP contribution in [-0.2, 0) is 0 Å². The molecule has 0 spiro atoms. The molecule has 0 N–H and O–H groups in total. The van der Waals surface area contributed by atoms with Crippen LogP contribution in [-0.4, -0.2) is 5.97 Å². The van der Waals surface area contributed by atoms with E-state index in [0.717, 1.165) is 6.07 Å². The second-order valence-electron chi connectivity index (χ2n) is 1.95. The van der Waals surface area contributed by atoms with Gasteiger partial charge < -0.3 is 9.90 Å². The van der Waals surface area contributed by atoms with Gasteiger partial charge in [-0.15, -0.1) is 0 Å². The lowest BCUT2D eigenvalue weighted by atomic mass is 10.2. The molecule has 0 heterocycles. The number of carbonyl (C=O) groups excluding carboxylic acids is 1. The Kier molecular flexibility index (Phi) is 2.24. The minimum Gasteiger partial charge on any atom is -0.545 e. The molecule has 0 aromatic heterocycles. The molecule has 0 saturated heterocycles. The van der Waals surface area contributed by atoms with Crippen molar-refractivity contribution in [2.45, 2.75) is 0 Å². The molecular formula is C7H3BrFO2-. The summed E-state index contributed by atoms with van der Waals surface area (Å²) < 4.78 is 12.9. The summed E-state index contributed by atoms with van der Waals surface area (Å²) in [5.74, 6) is -1.98. The molecule has 11 heavy (non-hydrogen) atoms. The van der Waals surface area contributed by atoms with Crippen molar-refractivity contribution in [3.05, 3.63) is 34.1 Å². The number of rotatable bonds is 1. The maximum atomic E-state index is 12.5. The number of carbonyl (C=O) groups is 1. The molecule has 0 atom stereocenters. The van der Waals surface area contributed by atoms with Crippen LogP contribution in [0.5, 0.6) is 0 Å². The lowest BCUT2D eigenvalue weighted by Crippen LogP contribution is -2.22. The van der Waals surface area contributed by atoms with Crippen LogP contribution in [0.25, 0.3) is 0 Å². The quantitative estimate of drug-likeness (QED) is 0.703. The summed E-state index contributed by atoms with van der Waals surface area (Å²) in [7, 11) is 0. The van der Waals surface area contributed by atoms with Gasteiger partial charge in [-0.05, 0) is 18.2 Å². The van der Waals surface area contributed by atoms with Crippen molar-refractivity contribution in [2.24, 2.45) is 0 Å². The molecule has 0 saturated carbocycles.